The molecule has 0 atom stereocenters. The zero-order valence-corrected chi connectivity index (χ0v) is 8.40. The number of hydrogen-bond donors (Lipinski definition) is 0. The van der Waals surface area contributed by atoms with Crippen LogP contribution >= 0.6 is 0 Å². The van der Waals surface area contributed by atoms with Crippen molar-refractivity contribution in [3.8, 4) is 0 Å². The lowest BCUT2D eigenvalue weighted by Gasteiger charge is -2.23. The molecule has 1 heterocycles. The molecule has 0 aromatic heterocycles. The molecule has 0 amide bonds. The van der Waals surface area contributed by atoms with Gasteiger partial charge in [0.25, 0.3) is 0 Å². The Bertz CT molecular complexity index is 261. The molecule has 78 valence electrons. The van der Waals surface area contributed by atoms with Crippen LogP contribution in [0.25, 0.3) is 0 Å². The fourth-order valence-electron chi connectivity index (χ4n) is 1.21. The molecule has 0 saturated carbocycles. The number of nitrogens with zero attached hydrogens (tertiary/aromatic N) is 2. The fraction of sp³-hybridized carbons (Fsp3) is 0.556. The minimum atomic E-state index is -0.296. The first-order chi connectivity index (χ1) is 6.72. The second kappa shape index (κ2) is 5.39. The molecule has 5 heteroatoms. The average Bonchev–Trinajstić information content (AvgIpc) is 2.14. The van der Waals surface area contributed by atoms with Gasteiger partial charge in [0, 0.05) is 13.5 Å². The van der Waals surface area contributed by atoms with Crippen LogP contribution in [0.2, 0.25) is 0 Å². The molecular weight excluding hydrogens is 184 g/mol. The molecule has 0 saturated heterocycles. The maximum atomic E-state index is 10.7. The van der Waals surface area contributed by atoms with Gasteiger partial charge in [0.1, 0.15) is 7.11 Å². The van der Waals surface area contributed by atoms with E-state index in [2.05, 4.69) is 9.99 Å². The van der Waals surface area contributed by atoms with E-state index in [-0.39, 0.29) is 5.97 Å². The standard InChI is InChI=1S/C9H14N2O3/c1-8(12)14-11-5-3-4-9(7-11)6-10-13-2/h4,6H,3,5,7H2,1-2H3/b10-6+. The van der Waals surface area contributed by atoms with E-state index in [1.54, 1.807) is 11.3 Å². The van der Waals surface area contributed by atoms with Crippen molar-refractivity contribution in [3.63, 3.8) is 0 Å². The van der Waals surface area contributed by atoms with Gasteiger partial charge in [-0.25, -0.2) is 0 Å². The Balaban J connectivity index is 2.45. The van der Waals surface area contributed by atoms with Gasteiger partial charge in [-0.2, -0.15) is 0 Å². The van der Waals surface area contributed by atoms with Crippen molar-refractivity contribution in [1.29, 1.82) is 0 Å². The lowest BCUT2D eigenvalue weighted by atomic mass is 10.2. The van der Waals surface area contributed by atoms with Crippen LogP contribution in [0.1, 0.15) is 13.3 Å². The summed E-state index contributed by atoms with van der Waals surface area (Å²) in [6.07, 6.45) is 4.51. The van der Waals surface area contributed by atoms with Gasteiger partial charge in [-0.05, 0) is 12.0 Å². The highest BCUT2D eigenvalue weighted by Gasteiger charge is 2.13. The lowest BCUT2D eigenvalue weighted by Crippen LogP contribution is -2.32. The third-order valence-corrected chi connectivity index (χ3v) is 1.73. The summed E-state index contributed by atoms with van der Waals surface area (Å²) in [5, 5.41) is 5.26. The Morgan fingerprint density at radius 1 is 1.71 bits per heavy atom. The average molecular weight is 198 g/mol. The van der Waals surface area contributed by atoms with Crippen molar-refractivity contribution in [1.82, 2.24) is 5.06 Å². The van der Waals surface area contributed by atoms with Gasteiger partial charge in [-0.15, -0.1) is 5.06 Å². The van der Waals surface area contributed by atoms with E-state index >= 15 is 0 Å². The largest absolute Gasteiger partial charge is 0.399 e. The molecule has 0 unspecified atom stereocenters. The lowest BCUT2D eigenvalue weighted by molar-refractivity contribution is -0.186. The normalized spacial score (nSPS) is 18.0. The van der Waals surface area contributed by atoms with E-state index < -0.39 is 0 Å². The van der Waals surface area contributed by atoms with Crippen molar-refractivity contribution in [2.75, 3.05) is 20.2 Å². The van der Waals surface area contributed by atoms with E-state index in [0.29, 0.717) is 6.54 Å². The molecule has 0 aliphatic carbocycles. The molecule has 0 aromatic rings. The molecule has 0 aromatic carbocycles. The fourth-order valence-corrected chi connectivity index (χ4v) is 1.21. The van der Waals surface area contributed by atoms with Crippen LogP contribution < -0.4 is 0 Å². The van der Waals surface area contributed by atoms with Crippen LogP contribution in [0, 0.1) is 0 Å². The van der Waals surface area contributed by atoms with Gasteiger partial charge in [-0.3, -0.25) is 4.79 Å². The van der Waals surface area contributed by atoms with Crippen LogP contribution in [0.4, 0.5) is 0 Å². The first-order valence-corrected chi connectivity index (χ1v) is 4.41. The zero-order valence-electron chi connectivity index (χ0n) is 8.40. The summed E-state index contributed by atoms with van der Waals surface area (Å²) in [6, 6.07) is 0. The van der Waals surface area contributed by atoms with Crippen LogP contribution in [0.15, 0.2) is 16.8 Å². The second-order valence-electron chi connectivity index (χ2n) is 2.93. The highest BCUT2D eigenvalue weighted by Crippen LogP contribution is 2.08. The summed E-state index contributed by atoms with van der Waals surface area (Å²) in [6.45, 7) is 2.68. The molecule has 1 aliphatic rings. The summed E-state index contributed by atoms with van der Waals surface area (Å²) in [7, 11) is 1.49. The maximum absolute atomic E-state index is 10.7. The summed E-state index contributed by atoms with van der Waals surface area (Å²) >= 11 is 0. The quantitative estimate of drug-likeness (QED) is 0.495. The van der Waals surface area contributed by atoms with Gasteiger partial charge in [0.05, 0.1) is 12.8 Å². The van der Waals surface area contributed by atoms with Gasteiger partial charge in [0.15, 0.2) is 0 Å². The van der Waals surface area contributed by atoms with Crippen LogP contribution in [0.5, 0.6) is 0 Å². The maximum Gasteiger partial charge on any atom is 0.322 e. The smallest absolute Gasteiger partial charge is 0.322 e. The molecule has 0 spiro atoms. The van der Waals surface area contributed by atoms with Crippen molar-refractivity contribution in [2.24, 2.45) is 5.16 Å². The molecule has 5 nitrogen and oxygen atoms in total. The summed E-state index contributed by atoms with van der Waals surface area (Å²) in [4.78, 5) is 20.2. The van der Waals surface area contributed by atoms with Crippen molar-refractivity contribution in [3.05, 3.63) is 11.6 Å². The third-order valence-electron chi connectivity index (χ3n) is 1.73. The molecule has 1 rings (SSSR count). The van der Waals surface area contributed by atoms with Crippen molar-refractivity contribution < 1.29 is 14.5 Å². The Hall–Kier alpha value is -1.36. The monoisotopic (exact) mass is 198 g/mol. The number of hydrogen-bond acceptors (Lipinski definition) is 5. The Labute approximate surface area is 82.9 Å². The molecule has 1 aliphatic heterocycles. The van der Waals surface area contributed by atoms with Crippen LogP contribution in [-0.2, 0) is 14.5 Å². The molecule has 0 fully saturated rings. The minimum Gasteiger partial charge on any atom is -0.399 e. The van der Waals surface area contributed by atoms with Gasteiger partial charge in [-0.1, -0.05) is 11.2 Å². The Morgan fingerprint density at radius 2 is 2.50 bits per heavy atom. The predicted molar refractivity (Wildman–Crippen MR) is 51.5 cm³/mol. The number of carbonyl (C=O) groups excluding carboxylic acids is 1. The molecule has 14 heavy (non-hydrogen) atoms. The minimum absolute atomic E-state index is 0.296. The summed E-state index contributed by atoms with van der Waals surface area (Å²) < 4.78 is 0. The third kappa shape index (κ3) is 3.57. The highest BCUT2D eigenvalue weighted by molar-refractivity contribution is 5.78. The first-order valence-electron chi connectivity index (χ1n) is 4.41. The van der Waals surface area contributed by atoms with Crippen molar-refractivity contribution in [2.45, 2.75) is 13.3 Å². The van der Waals surface area contributed by atoms with E-state index in [4.69, 9.17) is 4.84 Å². The first kappa shape index (κ1) is 10.7. The van der Waals surface area contributed by atoms with Gasteiger partial charge >= 0.3 is 5.97 Å². The SMILES string of the molecule is CO/N=C/C1=CCCN(OC(C)=O)C1. The van der Waals surface area contributed by atoms with Gasteiger partial charge < -0.3 is 9.68 Å². The van der Waals surface area contributed by atoms with Gasteiger partial charge in [0.2, 0.25) is 0 Å². The van der Waals surface area contributed by atoms with E-state index in [1.165, 1.54) is 14.0 Å². The Morgan fingerprint density at radius 3 is 3.14 bits per heavy atom. The number of oxime groups is 1. The van der Waals surface area contributed by atoms with Crippen LogP contribution in [-0.4, -0.2) is 37.4 Å². The number of carbonyl (C=O) groups is 1. The molecule has 0 radical (unpaired) electrons. The molecular formula is C9H14N2O3. The van der Waals surface area contributed by atoms with E-state index in [0.717, 1.165) is 18.5 Å². The molecule has 0 bridgehead atoms. The predicted octanol–water partition coefficient (Wildman–Crippen LogP) is 0.729. The van der Waals surface area contributed by atoms with E-state index in [1.807, 2.05) is 6.08 Å². The number of rotatable bonds is 3. The topological polar surface area (TPSA) is 51.1 Å². The summed E-state index contributed by atoms with van der Waals surface area (Å²) in [5.41, 5.74) is 0.986. The van der Waals surface area contributed by atoms with Crippen molar-refractivity contribution >= 4 is 12.2 Å². The summed E-state index contributed by atoms with van der Waals surface area (Å²) in [5.74, 6) is -0.296. The Kier molecular flexibility index (Phi) is 4.12. The zero-order chi connectivity index (χ0) is 10.4. The van der Waals surface area contributed by atoms with E-state index in [9.17, 15) is 4.79 Å². The second-order valence-corrected chi connectivity index (χ2v) is 2.93. The number of hydroxylamine groups is 2. The molecule has 0 N–H and O–H groups in total. The van der Waals surface area contributed by atoms with Crippen LogP contribution in [0.3, 0.4) is 0 Å². The highest BCUT2D eigenvalue weighted by atomic mass is 16.7.